The van der Waals surface area contributed by atoms with Crippen LogP contribution in [0.2, 0.25) is 5.02 Å². The van der Waals surface area contributed by atoms with E-state index in [0.29, 0.717) is 14.6 Å². The van der Waals surface area contributed by atoms with Gasteiger partial charge in [0.25, 0.3) is 10.0 Å². The number of hydrogen-bond acceptors (Lipinski definition) is 4. The van der Waals surface area contributed by atoms with Crippen molar-refractivity contribution in [2.45, 2.75) is 29.6 Å². The van der Waals surface area contributed by atoms with Crippen LogP contribution < -0.4 is 0 Å². The number of sulfonamides is 1. The van der Waals surface area contributed by atoms with Gasteiger partial charge in [-0.05, 0) is 47.0 Å². The predicted molar refractivity (Wildman–Crippen MR) is 81.5 cm³/mol. The van der Waals surface area contributed by atoms with Gasteiger partial charge in [0.05, 0.1) is 21.6 Å². The zero-order valence-corrected chi connectivity index (χ0v) is 14.2. The summed E-state index contributed by atoms with van der Waals surface area (Å²) in [6.45, 7) is 0.257. The molecule has 0 atom stereocenters. The van der Waals surface area contributed by atoms with Crippen LogP contribution in [0, 0.1) is 0 Å². The summed E-state index contributed by atoms with van der Waals surface area (Å²) in [5.41, 5.74) is 0. The molecule has 3 rings (SSSR count). The maximum Gasteiger partial charge on any atom is 0.253 e. The second-order valence-electron chi connectivity index (χ2n) is 4.55. The first-order chi connectivity index (χ1) is 9.48. The fourth-order valence-corrected chi connectivity index (χ4v) is 6.08. The summed E-state index contributed by atoms with van der Waals surface area (Å²) in [5, 5.41) is 0.419. The SMILES string of the molecule is O=S(=O)(c1cc(Cl)c(Br)s1)N(Cc1ccco1)C1CC1. The van der Waals surface area contributed by atoms with Crippen LogP contribution in [0.1, 0.15) is 18.6 Å². The van der Waals surface area contributed by atoms with E-state index >= 15 is 0 Å². The number of halogens is 2. The van der Waals surface area contributed by atoms with E-state index in [4.69, 9.17) is 16.0 Å². The molecule has 20 heavy (non-hydrogen) atoms. The number of nitrogens with zero attached hydrogens (tertiary/aromatic N) is 1. The van der Waals surface area contributed by atoms with Crippen molar-refractivity contribution in [2.24, 2.45) is 0 Å². The Balaban J connectivity index is 1.93. The van der Waals surface area contributed by atoms with E-state index in [-0.39, 0.29) is 16.8 Å². The van der Waals surface area contributed by atoms with Crippen LogP contribution in [0.5, 0.6) is 0 Å². The fraction of sp³-hybridized carbons (Fsp3) is 0.333. The Morgan fingerprint density at radius 1 is 1.50 bits per heavy atom. The summed E-state index contributed by atoms with van der Waals surface area (Å²) >= 11 is 10.3. The Hall–Kier alpha value is -0.340. The smallest absolute Gasteiger partial charge is 0.253 e. The maximum atomic E-state index is 12.7. The second-order valence-corrected chi connectivity index (χ2v) is 9.44. The highest BCUT2D eigenvalue weighted by Gasteiger charge is 2.39. The number of furan rings is 1. The van der Waals surface area contributed by atoms with Crippen LogP contribution in [-0.4, -0.2) is 18.8 Å². The van der Waals surface area contributed by atoms with E-state index in [9.17, 15) is 8.42 Å². The van der Waals surface area contributed by atoms with Crippen molar-refractivity contribution in [1.82, 2.24) is 4.31 Å². The molecule has 108 valence electrons. The average molecular weight is 397 g/mol. The molecule has 4 nitrogen and oxygen atoms in total. The van der Waals surface area contributed by atoms with Crippen LogP contribution in [0.4, 0.5) is 0 Å². The number of thiophene rings is 1. The lowest BCUT2D eigenvalue weighted by Crippen LogP contribution is -2.32. The van der Waals surface area contributed by atoms with Crippen LogP contribution >= 0.6 is 38.9 Å². The lowest BCUT2D eigenvalue weighted by Gasteiger charge is -2.19. The fourth-order valence-electron chi connectivity index (χ4n) is 1.90. The van der Waals surface area contributed by atoms with Crippen LogP contribution in [-0.2, 0) is 16.6 Å². The van der Waals surface area contributed by atoms with Gasteiger partial charge in [0.2, 0.25) is 0 Å². The minimum absolute atomic E-state index is 0.0600. The van der Waals surface area contributed by atoms with Gasteiger partial charge in [0.15, 0.2) is 0 Å². The van der Waals surface area contributed by atoms with Crippen molar-refractivity contribution in [3.63, 3.8) is 0 Å². The minimum atomic E-state index is -3.54. The zero-order chi connectivity index (χ0) is 14.3. The minimum Gasteiger partial charge on any atom is -0.468 e. The molecular weight excluding hydrogens is 386 g/mol. The van der Waals surface area contributed by atoms with Gasteiger partial charge in [0.1, 0.15) is 9.97 Å². The Kier molecular flexibility index (Phi) is 3.98. The van der Waals surface area contributed by atoms with Crippen molar-refractivity contribution in [1.29, 1.82) is 0 Å². The van der Waals surface area contributed by atoms with E-state index in [1.54, 1.807) is 18.4 Å². The van der Waals surface area contributed by atoms with Gasteiger partial charge in [-0.2, -0.15) is 4.31 Å². The number of rotatable bonds is 5. The lowest BCUT2D eigenvalue weighted by atomic mass is 10.4. The topological polar surface area (TPSA) is 50.5 Å². The number of hydrogen-bond donors (Lipinski definition) is 0. The first-order valence-corrected chi connectivity index (χ1v) is 9.40. The highest BCUT2D eigenvalue weighted by molar-refractivity contribution is 9.11. The molecule has 8 heteroatoms. The van der Waals surface area contributed by atoms with Gasteiger partial charge in [-0.15, -0.1) is 11.3 Å². The molecule has 0 aliphatic heterocycles. The molecule has 0 aromatic carbocycles. The highest BCUT2D eigenvalue weighted by atomic mass is 79.9. The normalized spacial score (nSPS) is 15.9. The Bertz CT molecular complexity index is 688. The average Bonchev–Trinajstić information content (AvgIpc) is 2.98. The van der Waals surface area contributed by atoms with E-state index in [1.807, 2.05) is 0 Å². The molecule has 2 aromatic rings. The summed E-state index contributed by atoms with van der Waals surface area (Å²) in [5.74, 6) is 0.641. The van der Waals surface area contributed by atoms with Gasteiger partial charge >= 0.3 is 0 Å². The standard InChI is InChI=1S/C12H11BrClNO3S2/c13-12-10(14)6-11(19-12)20(16,17)15(8-3-4-8)7-9-2-1-5-18-9/h1-2,5-6,8H,3-4,7H2. The van der Waals surface area contributed by atoms with E-state index < -0.39 is 10.0 Å². The molecule has 1 aliphatic rings. The summed E-state index contributed by atoms with van der Waals surface area (Å²) in [6.07, 6.45) is 3.33. The third-order valence-corrected chi connectivity index (χ3v) is 7.85. The van der Waals surface area contributed by atoms with Gasteiger partial charge in [-0.1, -0.05) is 11.6 Å². The van der Waals surface area contributed by atoms with E-state index in [2.05, 4.69) is 15.9 Å². The summed E-state index contributed by atoms with van der Waals surface area (Å²) < 4.78 is 33.1. The molecule has 0 bridgehead atoms. The second kappa shape index (κ2) is 5.46. The molecule has 0 saturated heterocycles. The molecular formula is C12H11BrClNO3S2. The molecule has 0 spiro atoms. The molecule has 2 aromatic heterocycles. The quantitative estimate of drug-likeness (QED) is 0.764. The first-order valence-electron chi connectivity index (χ1n) is 5.97. The Morgan fingerprint density at radius 3 is 2.75 bits per heavy atom. The van der Waals surface area contributed by atoms with Crippen molar-refractivity contribution in [3.8, 4) is 0 Å². The summed E-state index contributed by atoms with van der Waals surface area (Å²) in [6, 6.07) is 5.08. The van der Waals surface area contributed by atoms with E-state index in [1.165, 1.54) is 10.4 Å². The Morgan fingerprint density at radius 2 is 2.25 bits per heavy atom. The molecule has 0 unspecified atom stereocenters. The highest BCUT2D eigenvalue weighted by Crippen LogP contribution is 2.39. The van der Waals surface area contributed by atoms with Crippen molar-refractivity contribution < 1.29 is 12.8 Å². The summed E-state index contributed by atoms with van der Waals surface area (Å²) in [4.78, 5) is 0. The molecule has 0 N–H and O–H groups in total. The molecule has 1 fully saturated rings. The molecule has 1 saturated carbocycles. The maximum absolute atomic E-state index is 12.7. The van der Waals surface area contributed by atoms with Crippen molar-refractivity contribution in [3.05, 3.63) is 39.0 Å². The lowest BCUT2D eigenvalue weighted by molar-refractivity contribution is 0.357. The molecule has 2 heterocycles. The zero-order valence-electron chi connectivity index (χ0n) is 10.3. The summed E-state index contributed by atoms with van der Waals surface area (Å²) in [7, 11) is -3.54. The first kappa shape index (κ1) is 14.6. The van der Waals surface area contributed by atoms with Gasteiger partial charge in [-0.25, -0.2) is 8.42 Å². The Labute approximate surface area is 134 Å². The third-order valence-electron chi connectivity index (χ3n) is 3.03. The monoisotopic (exact) mass is 395 g/mol. The molecule has 0 amide bonds. The molecule has 1 aliphatic carbocycles. The van der Waals surface area contributed by atoms with Gasteiger partial charge in [0, 0.05) is 6.04 Å². The van der Waals surface area contributed by atoms with Gasteiger partial charge < -0.3 is 4.42 Å². The van der Waals surface area contributed by atoms with Crippen LogP contribution in [0.15, 0.2) is 36.9 Å². The van der Waals surface area contributed by atoms with Crippen molar-refractivity contribution >= 4 is 48.9 Å². The predicted octanol–water partition coefficient (Wildman–Crippen LogP) is 4.11. The van der Waals surface area contributed by atoms with Crippen molar-refractivity contribution in [2.75, 3.05) is 0 Å². The molecule has 0 radical (unpaired) electrons. The van der Waals surface area contributed by atoms with Gasteiger partial charge in [-0.3, -0.25) is 0 Å². The van der Waals surface area contributed by atoms with E-state index in [0.717, 1.165) is 24.2 Å². The van der Waals surface area contributed by atoms with Crippen LogP contribution in [0.25, 0.3) is 0 Å². The van der Waals surface area contributed by atoms with Crippen LogP contribution in [0.3, 0.4) is 0 Å². The third kappa shape index (κ3) is 2.82. The largest absolute Gasteiger partial charge is 0.468 e.